The number of piperazine rings is 1. The summed E-state index contributed by atoms with van der Waals surface area (Å²) < 4.78 is 24.3. The molecule has 0 aromatic carbocycles. The summed E-state index contributed by atoms with van der Waals surface area (Å²) in [4.78, 5) is 10.7. The summed E-state index contributed by atoms with van der Waals surface area (Å²) in [7, 11) is 0. The maximum absolute atomic E-state index is 12.1. The van der Waals surface area contributed by atoms with Gasteiger partial charge in [0.25, 0.3) is 5.76 Å². The van der Waals surface area contributed by atoms with Gasteiger partial charge in [0.2, 0.25) is 5.95 Å². The Hall–Kier alpha value is -0.950. The molecule has 1 fully saturated rings. The topological polar surface area (TPSA) is 41.0 Å². The molecule has 7 heteroatoms. The van der Waals surface area contributed by atoms with E-state index in [4.69, 9.17) is 0 Å². The van der Waals surface area contributed by atoms with E-state index in [2.05, 4.69) is 27.1 Å². The maximum Gasteiger partial charge on any atom is 0.289 e. The standard InChI is InChI=1S/C10H14F2N4S/c1-7-4-13-2-3-16(7)10-14-5-8(6-15-10)17-9(11)12/h5-7,9,13H,2-4H2,1H3. The fourth-order valence-corrected chi connectivity index (χ4v) is 2.19. The molecule has 0 aliphatic carbocycles. The zero-order valence-corrected chi connectivity index (χ0v) is 10.3. The van der Waals surface area contributed by atoms with Crippen molar-refractivity contribution in [1.82, 2.24) is 15.3 Å². The first kappa shape index (κ1) is 12.5. The van der Waals surface area contributed by atoms with Crippen LogP contribution in [-0.2, 0) is 0 Å². The number of rotatable bonds is 3. The Morgan fingerprint density at radius 2 is 2.18 bits per heavy atom. The maximum atomic E-state index is 12.1. The van der Waals surface area contributed by atoms with E-state index in [0.29, 0.717) is 28.6 Å². The number of halogens is 2. The lowest BCUT2D eigenvalue weighted by molar-refractivity contribution is 0.252. The molecule has 4 nitrogen and oxygen atoms in total. The van der Waals surface area contributed by atoms with Gasteiger partial charge in [0.1, 0.15) is 0 Å². The third kappa shape index (κ3) is 3.26. The Kier molecular flexibility index (Phi) is 4.11. The highest BCUT2D eigenvalue weighted by Gasteiger charge is 2.20. The Balaban J connectivity index is 2.06. The Morgan fingerprint density at radius 3 is 2.76 bits per heavy atom. The lowest BCUT2D eigenvalue weighted by Gasteiger charge is -2.33. The molecule has 94 valence electrons. The number of aromatic nitrogens is 2. The van der Waals surface area contributed by atoms with Gasteiger partial charge in [-0.3, -0.25) is 0 Å². The van der Waals surface area contributed by atoms with Crippen LogP contribution in [0.25, 0.3) is 0 Å². The molecule has 2 rings (SSSR count). The molecular weight excluding hydrogens is 246 g/mol. The SMILES string of the molecule is CC1CNCCN1c1ncc(SC(F)F)cn1. The van der Waals surface area contributed by atoms with Crippen LogP contribution < -0.4 is 10.2 Å². The lowest BCUT2D eigenvalue weighted by atomic mass is 10.2. The van der Waals surface area contributed by atoms with Crippen molar-refractivity contribution < 1.29 is 8.78 Å². The molecule has 0 radical (unpaired) electrons. The molecule has 1 aliphatic rings. The average molecular weight is 260 g/mol. The quantitative estimate of drug-likeness (QED) is 0.836. The zero-order valence-electron chi connectivity index (χ0n) is 9.44. The van der Waals surface area contributed by atoms with Crippen LogP contribution in [0.15, 0.2) is 17.3 Å². The summed E-state index contributed by atoms with van der Waals surface area (Å²) in [5, 5.41) is 3.27. The normalized spacial score (nSPS) is 20.9. The number of anilines is 1. The molecule has 0 saturated carbocycles. The highest BCUT2D eigenvalue weighted by molar-refractivity contribution is 7.99. The largest absolute Gasteiger partial charge is 0.336 e. The fraction of sp³-hybridized carbons (Fsp3) is 0.600. The molecule has 1 aliphatic heterocycles. The van der Waals surface area contributed by atoms with Gasteiger partial charge >= 0.3 is 0 Å². The van der Waals surface area contributed by atoms with E-state index in [0.717, 1.165) is 19.6 Å². The summed E-state index contributed by atoms with van der Waals surface area (Å²) in [5.41, 5.74) is 0. The second-order valence-corrected chi connectivity index (χ2v) is 4.91. The molecule has 1 aromatic heterocycles. The van der Waals surface area contributed by atoms with Crippen molar-refractivity contribution in [2.75, 3.05) is 24.5 Å². The first-order valence-electron chi connectivity index (χ1n) is 5.41. The molecule has 1 atom stereocenters. The second kappa shape index (κ2) is 5.59. The van der Waals surface area contributed by atoms with Crippen molar-refractivity contribution in [2.24, 2.45) is 0 Å². The van der Waals surface area contributed by atoms with E-state index in [-0.39, 0.29) is 0 Å². The Labute approximate surface area is 103 Å². The van der Waals surface area contributed by atoms with Crippen molar-refractivity contribution in [1.29, 1.82) is 0 Å². The monoisotopic (exact) mass is 260 g/mol. The Bertz CT molecular complexity index is 360. The van der Waals surface area contributed by atoms with Gasteiger partial charge in [-0.25, -0.2) is 9.97 Å². The molecule has 2 heterocycles. The van der Waals surface area contributed by atoms with E-state index < -0.39 is 5.76 Å². The smallest absolute Gasteiger partial charge is 0.289 e. The highest BCUT2D eigenvalue weighted by atomic mass is 32.2. The number of nitrogens with one attached hydrogen (secondary N) is 1. The van der Waals surface area contributed by atoms with Gasteiger partial charge in [-0.15, -0.1) is 0 Å². The van der Waals surface area contributed by atoms with Crippen molar-refractivity contribution in [3.8, 4) is 0 Å². The van der Waals surface area contributed by atoms with Crippen LogP contribution in [0.2, 0.25) is 0 Å². The molecule has 1 aromatic rings. The fourth-order valence-electron chi connectivity index (χ4n) is 1.76. The second-order valence-electron chi connectivity index (χ2n) is 3.84. The number of thioether (sulfide) groups is 1. The van der Waals surface area contributed by atoms with Gasteiger partial charge in [0, 0.05) is 43.0 Å². The molecular formula is C10H14F2N4S. The lowest BCUT2D eigenvalue weighted by Crippen LogP contribution is -2.50. The van der Waals surface area contributed by atoms with Gasteiger partial charge in [-0.05, 0) is 6.92 Å². The van der Waals surface area contributed by atoms with Crippen molar-refractivity contribution >= 4 is 17.7 Å². The van der Waals surface area contributed by atoms with Crippen molar-refractivity contribution in [3.63, 3.8) is 0 Å². The molecule has 0 amide bonds. The Morgan fingerprint density at radius 1 is 1.47 bits per heavy atom. The van der Waals surface area contributed by atoms with Crippen molar-refractivity contribution in [2.45, 2.75) is 23.6 Å². The van der Waals surface area contributed by atoms with Crippen molar-refractivity contribution in [3.05, 3.63) is 12.4 Å². The third-order valence-electron chi connectivity index (χ3n) is 2.60. The van der Waals surface area contributed by atoms with E-state index in [1.165, 1.54) is 12.4 Å². The van der Waals surface area contributed by atoms with E-state index in [9.17, 15) is 8.78 Å². The third-order valence-corrected chi connectivity index (χ3v) is 3.26. The number of hydrogen-bond donors (Lipinski definition) is 1. The minimum Gasteiger partial charge on any atom is -0.336 e. The minimum absolute atomic E-state index is 0.317. The summed E-state index contributed by atoms with van der Waals surface area (Å²) in [6.45, 7) is 4.69. The van der Waals surface area contributed by atoms with E-state index in [1.54, 1.807) is 0 Å². The van der Waals surface area contributed by atoms with Crippen LogP contribution in [0.1, 0.15) is 6.92 Å². The summed E-state index contributed by atoms with van der Waals surface area (Å²) in [6, 6.07) is 0.317. The van der Waals surface area contributed by atoms with Gasteiger partial charge in [0.05, 0.1) is 0 Å². The van der Waals surface area contributed by atoms with Gasteiger partial charge in [-0.1, -0.05) is 11.8 Å². The number of nitrogens with zero attached hydrogens (tertiary/aromatic N) is 3. The summed E-state index contributed by atoms with van der Waals surface area (Å²) >= 11 is 0.465. The van der Waals surface area contributed by atoms with Gasteiger partial charge in [0.15, 0.2) is 0 Å². The average Bonchev–Trinajstić information content (AvgIpc) is 2.30. The van der Waals surface area contributed by atoms with E-state index in [1.807, 2.05) is 0 Å². The first-order chi connectivity index (χ1) is 8.16. The van der Waals surface area contributed by atoms with Gasteiger partial charge < -0.3 is 10.2 Å². The van der Waals surface area contributed by atoms with Gasteiger partial charge in [-0.2, -0.15) is 8.78 Å². The van der Waals surface area contributed by atoms with Crippen LogP contribution in [0.4, 0.5) is 14.7 Å². The molecule has 17 heavy (non-hydrogen) atoms. The first-order valence-corrected chi connectivity index (χ1v) is 6.29. The van der Waals surface area contributed by atoms with Crippen LogP contribution >= 0.6 is 11.8 Å². The number of alkyl halides is 2. The predicted molar refractivity (Wildman–Crippen MR) is 63.6 cm³/mol. The summed E-state index contributed by atoms with van der Waals surface area (Å²) in [6.07, 6.45) is 2.90. The predicted octanol–water partition coefficient (Wildman–Crippen LogP) is 1.59. The molecule has 1 N–H and O–H groups in total. The van der Waals surface area contributed by atoms with Crippen LogP contribution in [0.5, 0.6) is 0 Å². The zero-order chi connectivity index (χ0) is 12.3. The molecule has 1 saturated heterocycles. The number of hydrogen-bond acceptors (Lipinski definition) is 5. The molecule has 0 bridgehead atoms. The van der Waals surface area contributed by atoms with E-state index >= 15 is 0 Å². The van der Waals surface area contributed by atoms with Crippen LogP contribution in [0, 0.1) is 0 Å². The highest BCUT2D eigenvalue weighted by Crippen LogP contribution is 2.24. The molecule has 0 spiro atoms. The van der Waals surface area contributed by atoms with Crippen LogP contribution in [-0.4, -0.2) is 41.4 Å². The molecule has 1 unspecified atom stereocenters. The summed E-state index contributed by atoms with van der Waals surface area (Å²) in [5.74, 6) is -1.82. The minimum atomic E-state index is -2.43. The van der Waals surface area contributed by atoms with Crippen LogP contribution in [0.3, 0.4) is 0 Å².